The van der Waals surface area contributed by atoms with Crippen LogP contribution in [0.1, 0.15) is 15.9 Å². The molecule has 0 radical (unpaired) electrons. The Morgan fingerprint density at radius 3 is 2.67 bits per heavy atom. The molecule has 0 atom stereocenters. The molecule has 0 saturated heterocycles. The number of benzene rings is 3. The maximum absolute atomic E-state index is 13.4. The van der Waals surface area contributed by atoms with Crippen LogP contribution in [0.2, 0.25) is 0 Å². The Balaban J connectivity index is 1.77. The number of methoxy groups -OCH3 is 1. The molecule has 0 N–H and O–H groups in total. The number of thiazole rings is 1. The van der Waals surface area contributed by atoms with E-state index in [4.69, 9.17) is 4.74 Å². The molecule has 4 aromatic rings. The summed E-state index contributed by atoms with van der Waals surface area (Å²) in [4.78, 5) is 18.0. The lowest BCUT2D eigenvalue weighted by molar-refractivity contribution is 0.0987. The quantitative estimate of drug-likeness (QED) is 0.154. The first kappa shape index (κ1) is 21.0. The number of anilines is 1. The van der Waals surface area contributed by atoms with E-state index >= 15 is 0 Å². The van der Waals surface area contributed by atoms with Gasteiger partial charge in [-0.2, -0.15) is 10.1 Å². The highest BCUT2D eigenvalue weighted by Gasteiger charge is 2.22. The minimum atomic E-state index is -0.237. The summed E-state index contributed by atoms with van der Waals surface area (Å²) in [6.07, 6.45) is 1.66. The average Bonchev–Trinajstić information content (AvgIpc) is 3.18. The molecular weight excluding hydrogens is 577 g/mol. The molecule has 150 valence electrons. The third-order valence-corrected chi connectivity index (χ3v) is 6.72. The van der Waals surface area contributed by atoms with Crippen LogP contribution >= 0.6 is 49.9 Å². The Bertz CT molecular complexity index is 1240. The fourth-order valence-corrected chi connectivity index (χ4v) is 4.55. The highest BCUT2D eigenvalue weighted by Crippen LogP contribution is 2.32. The Morgan fingerprint density at radius 1 is 1.17 bits per heavy atom. The Labute approximate surface area is 199 Å². The minimum absolute atomic E-state index is 0.237. The van der Waals surface area contributed by atoms with Crippen molar-refractivity contribution in [3.05, 3.63) is 85.9 Å². The van der Waals surface area contributed by atoms with Crippen molar-refractivity contribution in [3.63, 3.8) is 0 Å². The number of aromatic nitrogens is 1. The van der Waals surface area contributed by atoms with Crippen LogP contribution in [-0.2, 0) is 0 Å². The molecule has 3 aromatic carbocycles. The summed E-state index contributed by atoms with van der Waals surface area (Å²) < 4.78 is 8.06. The van der Waals surface area contributed by atoms with Gasteiger partial charge in [0.25, 0.3) is 5.91 Å². The number of halogens is 2. The van der Waals surface area contributed by atoms with E-state index in [1.807, 2.05) is 60.7 Å². The predicted molar refractivity (Wildman–Crippen MR) is 134 cm³/mol. The van der Waals surface area contributed by atoms with Gasteiger partial charge in [-0.25, -0.2) is 4.98 Å². The number of carbonyl (C=O) groups is 1. The van der Waals surface area contributed by atoms with Gasteiger partial charge in [-0.3, -0.25) is 4.79 Å². The summed E-state index contributed by atoms with van der Waals surface area (Å²) in [6, 6.07) is 20.8. The maximum Gasteiger partial charge on any atom is 0.281 e. The van der Waals surface area contributed by atoms with Gasteiger partial charge in [-0.15, -0.1) is 0 Å². The molecule has 0 saturated carbocycles. The lowest BCUT2D eigenvalue weighted by Crippen LogP contribution is -2.26. The van der Waals surface area contributed by atoms with Crippen LogP contribution in [0.4, 0.5) is 5.13 Å². The topological polar surface area (TPSA) is 54.8 Å². The molecule has 0 aliphatic rings. The first-order valence-electron chi connectivity index (χ1n) is 8.88. The molecule has 0 fully saturated rings. The molecule has 0 aliphatic heterocycles. The molecule has 30 heavy (non-hydrogen) atoms. The van der Waals surface area contributed by atoms with Crippen molar-refractivity contribution in [2.45, 2.75) is 0 Å². The van der Waals surface area contributed by atoms with E-state index < -0.39 is 0 Å². The Hall–Kier alpha value is -2.30. The summed E-state index contributed by atoms with van der Waals surface area (Å²) >= 11 is 6.98. The van der Waals surface area contributed by atoms with Crippen LogP contribution < -0.4 is 9.75 Å². The lowest BCUT2D eigenvalue weighted by Gasteiger charge is -2.14. The summed E-state index contributed by atoms with van der Waals surface area (Å²) in [5.74, 6) is 0.505. The number of amides is 1. The van der Waals surface area contributed by atoms with Crippen LogP contribution in [0.25, 0.3) is 10.2 Å². The van der Waals surface area contributed by atoms with Crippen molar-refractivity contribution in [2.75, 3.05) is 12.1 Å². The number of ether oxygens (including phenoxy) is 1. The molecule has 5 nitrogen and oxygen atoms in total. The Kier molecular flexibility index (Phi) is 6.45. The molecule has 0 aliphatic carbocycles. The molecule has 0 unspecified atom stereocenters. The average molecular weight is 592 g/mol. The monoisotopic (exact) mass is 591 g/mol. The minimum Gasteiger partial charge on any atom is -0.497 e. The van der Waals surface area contributed by atoms with Gasteiger partial charge in [0.15, 0.2) is 0 Å². The molecular formula is C22H15BrIN3O2S. The van der Waals surface area contributed by atoms with Crippen LogP contribution in [0, 0.1) is 3.57 Å². The molecule has 1 amide bonds. The van der Waals surface area contributed by atoms with Crippen molar-refractivity contribution >= 4 is 77.3 Å². The normalized spacial score (nSPS) is 11.2. The van der Waals surface area contributed by atoms with Crippen LogP contribution in [0.5, 0.6) is 5.75 Å². The largest absolute Gasteiger partial charge is 0.497 e. The Morgan fingerprint density at radius 2 is 1.93 bits per heavy atom. The van der Waals surface area contributed by atoms with Crippen LogP contribution in [-0.4, -0.2) is 24.2 Å². The summed E-state index contributed by atoms with van der Waals surface area (Å²) in [5.41, 5.74) is 2.24. The van der Waals surface area contributed by atoms with Crippen molar-refractivity contribution in [1.82, 2.24) is 4.98 Å². The smallest absolute Gasteiger partial charge is 0.281 e. The lowest BCUT2D eigenvalue weighted by atomic mass is 10.2. The summed E-state index contributed by atoms with van der Waals surface area (Å²) in [7, 11) is 1.62. The van der Waals surface area contributed by atoms with Crippen molar-refractivity contribution < 1.29 is 9.53 Å². The third-order valence-electron chi connectivity index (χ3n) is 4.25. The van der Waals surface area contributed by atoms with Crippen LogP contribution in [0.15, 0.2) is 76.3 Å². The zero-order valence-electron chi connectivity index (χ0n) is 15.8. The second-order valence-corrected chi connectivity index (χ2v) is 9.31. The molecule has 1 aromatic heterocycles. The number of hydrogen-bond donors (Lipinski definition) is 0. The number of carbonyl (C=O) groups excluding carboxylic acids is 1. The van der Waals surface area contributed by atoms with Gasteiger partial charge in [0.05, 0.1) is 29.1 Å². The maximum atomic E-state index is 13.4. The zero-order chi connectivity index (χ0) is 21.1. The van der Waals surface area contributed by atoms with Gasteiger partial charge < -0.3 is 4.74 Å². The van der Waals surface area contributed by atoms with Gasteiger partial charge in [0, 0.05) is 8.04 Å². The van der Waals surface area contributed by atoms with Crippen molar-refractivity contribution in [1.29, 1.82) is 0 Å². The summed E-state index contributed by atoms with van der Waals surface area (Å²) in [5, 5.41) is 6.36. The highest BCUT2D eigenvalue weighted by atomic mass is 127. The van der Waals surface area contributed by atoms with E-state index in [0.717, 1.165) is 29.6 Å². The number of rotatable bonds is 5. The van der Waals surface area contributed by atoms with E-state index in [0.29, 0.717) is 10.7 Å². The first-order valence-corrected chi connectivity index (χ1v) is 11.6. The SMILES string of the molecule is COc1ccc2nc(N(/N=C/c3ccc(Br)cc3)C(=O)c3ccccc3I)sc2c1. The second kappa shape index (κ2) is 9.23. The first-order chi connectivity index (χ1) is 14.5. The van der Waals surface area contributed by atoms with Gasteiger partial charge in [0.1, 0.15) is 5.75 Å². The molecule has 0 spiro atoms. The fourth-order valence-electron chi connectivity index (χ4n) is 2.72. The molecule has 4 rings (SSSR count). The second-order valence-electron chi connectivity index (χ2n) is 6.22. The van der Waals surface area contributed by atoms with Crippen molar-refractivity contribution in [2.24, 2.45) is 5.10 Å². The molecule has 8 heteroatoms. The van der Waals surface area contributed by atoms with Crippen molar-refractivity contribution in [3.8, 4) is 5.75 Å². The number of hydrogen-bond acceptors (Lipinski definition) is 5. The molecule has 0 bridgehead atoms. The third kappa shape index (κ3) is 4.55. The number of nitrogens with zero attached hydrogens (tertiary/aromatic N) is 3. The molecule has 1 heterocycles. The standard InChI is InChI=1S/C22H15BrIN3O2S/c1-29-16-10-11-19-20(12-16)30-22(26-19)27(21(28)17-4-2-3-5-18(17)24)25-13-14-6-8-15(23)9-7-14/h2-13H,1H3/b25-13+. The highest BCUT2D eigenvalue weighted by molar-refractivity contribution is 14.1. The van der Waals surface area contributed by atoms with E-state index in [2.05, 4.69) is 48.6 Å². The van der Waals surface area contributed by atoms with E-state index in [1.165, 1.54) is 16.3 Å². The summed E-state index contributed by atoms with van der Waals surface area (Å²) in [6.45, 7) is 0. The predicted octanol–water partition coefficient (Wildman–Crippen LogP) is 6.35. The number of hydrazone groups is 1. The van der Waals surface area contributed by atoms with Gasteiger partial charge >= 0.3 is 0 Å². The van der Waals surface area contributed by atoms with Gasteiger partial charge in [-0.05, 0) is 70.6 Å². The van der Waals surface area contributed by atoms with Gasteiger partial charge in [0.2, 0.25) is 5.13 Å². The number of fused-ring (bicyclic) bond motifs is 1. The fraction of sp³-hybridized carbons (Fsp3) is 0.0455. The van der Waals surface area contributed by atoms with Gasteiger partial charge in [-0.1, -0.05) is 51.5 Å². The van der Waals surface area contributed by atoms with E-state index in [9.17, 15) is 4.79 Å². The van der Waals surface area contributed by atoms with E-state index in [-0.39, 0.29) is 5.91 Å². The van der Waals surface area contributed by atoms with Crippen LogP contribution in [0.3, 0.4) is 0 Å². The van der Waals surface area contributed by atoms with E-state index in [1.54, 1.807) is 19.4 Å². The zero-order valence-corrected chi connectivity index (χ0v) is 20.3.